The van der Waals surface area contributed by atoms with Crippen molar-refractivity contribution in [2.24, 2.45) is 0 Å². The fraction of sp³-hybridized carbons (Fsp3) is 0.250. The maximum absolute atomic E-state index is 13.6. The van der Waals surface area contributed by atoms with Gasteiger partial charge in [-0.15, -0.1) is 0 Å². The van der Waals surface area contributed by atoms with E-state index in [4.69, 9.17) is 4.74 Å². The number of hydrogen-bond acceptors (Lipinski definition) is 5. The first-order valence-electron chi connectivity index (χ1n) is 10.8. The molecule has 3 N–H and O–H groups in total. The first-order valence-corrected chi connectivity index (χ1v) is 10.8. The second-order valence-corrected chi connectivity index (χ2v) is 7.68. The minimum Gasteiger partial charge on any atom is -0.494 e. The Morgan fingerprint density at radius 1 is 1.03 bits per heavy atom. The Kier molecular flexibility index (Phi) is 7.97. The molecule has 0 fully saturated rings. The molecule has 0 saturated heterocycles. The van der Waals surface area contributed by atoms with Crippen LogP contribution < -0.4 is 15.4 Å². The highest BCUT2D eigenvalue weighted by Crippen LogP contribution is 2.31. The van der Waals surface area contributed by atoms with Gasteiger partial charge in [-0.25, -0.2) is 9.48 Å². The van der Waals surface area contributed by atoms with Crippen molar-refractivity contribution in [1.82, 2.24) is 20.4 Å². The van der Waals surface area contributed by atoms with Crippen LogP contribution in [0.3, 0.4) is 0 Å². The zero-order chi connectivity index (χ0) is 26.5. The summed E-state index contributed by atoms with van der Waals surface area (Å²) >= 11 is 0. The predicted octanol–water partition coefficient (Wildman–Crippen LogP) is 3.29. The Labute approximate surface area is 203 Å². The van der Waals surface area contributed by atoms with E-state index in [-0.39, 0.29) is 5.56 Å². The Morgan fingerprint density at radius 3 is 2.22 bits per heavy atom. The van der Waals surface area contributed by atoms with Gasteiger partial charge in [0.05, 0.1) is 23.9 Å². The number of carbonyl (C=O) groups is 3. The number of amides is 2. The summed E-state index contributed by atoms with van der Waals surface area (Å²) in [5.74, 6) is -2.92. The maximum atomic E-state index is 13.6. The molecule has 1 aromatic heterocycles. The van der Waals surface area contributed by atoms with Crippen molar-refractivity contribution >= 4 is 17.8 Å². The number of rotatable bonds is 9. The molecule has 0 bridgehead atoms. The van der Waals surface area contributed by atoms with Crippen LogP contribution in [0.5, 0.6) is 5.75 Å². The summed E-state index contributed by atoms with van der Waals surface area (Å²) in [5.41, 5.74) is -1.80. The molecule has 0 saturated carbocycles. The normalized spacial score (nSPS) is 12.9. The van der Waals surface area contributed by atoms with Crippen LogP contribution in [0.4, 0.5) is 13.2 Å². The summed E-state index contributed by atoms with van der Waals surface area (Å²) in [4.78, 5) is 37.1. The van der Waals surface area contributed by atoms with Crippen molar-refractivity contribution in [3.63, 3.8) is 0 Å². The molecule has 12 heteroatoms. The van der Waals surface area contributed by atoms with Crippen LogP contribution in [0.25, 0.3) is 5.69 Å². The number of benzene rings is 2. The summed E-state index contributed by atoms with van der Waals surface area (Å²) in [6, 6.07) is 10.9. The smallest absolute Gasteiger partial charge is 0.435 e. The molecule has 0 spiro atoms. The van der Waals surface area contributed by atoms with Crippen LogP contribution in [0.1, 0.15) is 40.3 Å². The number of aromatic nitrogens is 2. The Balaban J connectivity index is 1.79. The fourth-order valence-electron chi connectivity index (χ4n) is 3.32. The molecule has 0 radical (unpaired) electrons. The van der Waals surface area contributed by atoms with Crippen LogP contribution in [-0.2, 0) is 11.0 Å². The number of ether oxygens (including phenoxy) is 1. The molecule has 0 aliphatic heterocycles. The lowest BCUT2D eigenvalue weighted by molar-refractivity contribution is -0.142. The van der Waals surface area contributed by atoms with Gasteiger partial charge in [0, 0.05) is 11.8 Å². The highest BCUT2D eigenvalue weighted by Gasteiger charge is 2.40. The van der Waals surface area contributed by atoms with Crippen LogP contribution in [0.15, 0.2) is 60.8 Å². The molecule has 36 heavy (non-hydrogen) atoms. The monoisotopic (exact) mass is 504 g/mol. The topological polar surface area (TPSA) is 123 Å². The number of para-hydroxylation sites is 1. The van der Waals surface area contributed by atoms with Gasteiger partial charge in [0.2, 0.25) is 0 Å². The molecule has 2 aromatic carbocycles. The van der Waals surface area contributed by atoms with E-state index in [9.17, 15) is 32.7 Å². The molecule has 0 aliphatic carbocycles. The fourth-order valence-corrected chi connectivity index (χ4v) is 3.32. The van der Waals surface area contributed by atoms with Gasteiger partial charge in [-0.1, -0.05) is 18.2 Å². The number of aliphatic carboxylic acids is 1. The third-order valence-corrected chi connectivity index (χ3v) is 5.09. The number of halogens is 3. The third-order valence-electron chi connectivity index (χ3n) is 5.09. The molecule has 3 rings (SSSR count). The maximum Gasteiger partial charge on any atom is 0.435 e. The molecular weight excluding hydrogens is 481 g/mol. The number of carbonyl (C=O) groups excluding carboxylic acids is 2. The average Bonchev–Trinajstić information content (AvgIpc) is 3.30. The van der Waals surface area contributed by atoms with E-state index in [2.05, 4.69) is 15.7 Å². The second kappa shape index (κ2) is 10.9. The lowest BCUT2D eigenvalue weighted by Crippen LogP contribution is -2.54. The van der Waals surface area contributed by atoms with Gasteiger partial charge in [-0.3, -0.25) is 9.59 Å². The SMILES string of the molecule is CCOc1ccc(C(=O)N[C@@H](C(=O)O)C(C)NC(=O)c2cn(-c3ccccc3)nc2C(F)(F)F)cc1. The molecule has 1 unspecified atom stereocenters. The van der Waals surface area contributed by atoms with Crippen molar-refractivity contribution in [2.75, 3.05) is 6.61 Å². The third kappa shape index (κ3) is 6.20. The van der Waals surface area contributed by atoms with Gasteiger partial charge in [0.15, 0.2) is 5.69 Å². The highest BCUT2D eigenvalue weighted by molar-refractivity contribution is 5.98. The Morgan fingerprint density at radius 2 is 1.67 bits per heavy atom. The van der Waals surface area contributed by atoms with Crippen molar-refractivity contribution < 1.29 is 37.4 Å². The molecule has 190 valence electrons. The molecule has 1 heterocycles. The van der Waals surface area contributed by atoms with Crippen molar-refractivity contribution in [1.29, 1.82) is 0 Å². The van der Waals surface area contributed by atoms with Crippen LogP contribution in [-0.4, -0.2) is 51.4 Å². The van der Waals surface area contributed by atoms with E-state index < -0.39 is 47.3 Å². The molecular formula is C24H23F3N4O5. The molecule has 2 atom stereocenters. The first kappa shape index (κ1) is 26.3. The van der Waals surface area contributed by atoms with Gasteiger partial charge in [-0.2, -0.15) is 18.3 Å². The van der Waals surface area contributed by atoms with E-state index in [0.717, 1.165) is 10.9 Å². The lowest BCUT2D eigenvalue weighted by Gasteiger charge is -2.22. The predicted molar refractivity (Wildman–Crippen MR) is 122 cm³/mol. The van der Waals surface area contributed by atoms with Crippen LogP contribution in [0.2, 0.25) is 0 Å². The standard InChI is InChI=1S/C24H23F3N4O5/c1-3-36-17-11-9-15(10-12-17)21(32)29-19(23(34)35)14(2)28-22(33)18-13-31(16-7-5-4-6-8-16)30-20(18)24(25,26)27/h4-14,19H,3H2,1-2H3,(H,28,33)(H,29,32)(H,34,35)/t14?,19-/m1/s1. The van der Waals surface area contributed by atoms with E-state index in [1.54, 1.807) is 25.1 Å². The van der Waals surface area contributed by atoms with Crippen molar-refractivity contribution in [2.45, 2.75) is 32.1 Å². The number of alkyl halides is 3. The summed E-state index contributed by atoms with van der Waals surface area (Å²) < 4.78 is 46.9. The largest absolute Gasteiger partial charge is 0.494 e. The number of carboxylic acid groups (broad SMARTS) is 1. The van der Waals surface area contributed by atoms with Gasteiger partial charge < -0.3 is 20.5 Å². The molecule has 2 amide bonds. The van der Waals surface area contributed by atoms with Gasteiger partial charge in [0.25, 0.3) is 11.8 Å². The number of hydrogen-bond donors (Lipinski definition) is 3. The average molecular weight is 504 g/mol. The van der Waals surface area contributed by atoms with Gasteiger partial charge in [0.1, 0.15) is 11.8 Å². The van der Waals surface area contributed by atoms with Crippen LogP contribution >= 0.6 is 0 Å². The second-order valence-electron chi connectivity index (χ2n) is 7.68. The van der Waals surface area contributed by atoms with Gasteiger partial charge in [-0.05, 0) is 50.2 Å². The van der Waals surface area contributed by atoms with Crippen LogP contribution in [0, 0.1) is 0 Å². The zero-order valence-electron chi connectivity index (χ0n) is 19.2. The summed E-state index contributed by atoms with van der Waals surface area (Å²) in [5, 5.41) is 17.6. The lowest BCUT2D eigenvalue weighted by atomic mass is 10.1. The Hall–Kier alpha value is -4.35. The van der Waals surface area contributed by atoms with Crippen molar-refractivity contribution in [3.05, 3.63) is 77.6 Å². The number of nitrogens with one attached hydrogen (secondary N) is 2. The summed E-state index contributed by atoms with van der Waals surface area (Å²) in [6.07, 6.45) is -4.03. The van der Waals surface area contributed by atoms with Crippen molar-refractivity contribution in [3.8, 4) is 11.4 Å². The quantitative estimate of drug-likeness (QED) is 0.411. The molecule has 0 aliphatic rings. The molecule has 3 aromatic rings. The summed E-state index contributed by atoms with van der Waals surface area (Å²) in [7, 11) is 0. The van der Waals surface area contributed by atoms with E-state index in [0.29, 0.717) is 18.0 Å². The molecule has 9 nitrogen and oxygen atoms in total. The van der Waals surface area contributed by atoms with E-state index in [1.165, 1.54) is 43.3 Å². The summed E-state index contributed by atoms with van der Waals surface area (Å²) in [6.45, 7) is 3.46. The number of nitrogens with zero attached hydrogens (tertiary/aromatic N) is 2. The Bertz CT molecular complexity index is 1230. The van der Waals surface area contributed by atoms with E-state index in [1.807, 2.05) is 0 Å². The minimum absolute atomic E-state index is 0.131. The zero-order valence-corrected chi connectivity index (χ0v) is 19.2. The van der Waals surface area contributed by atoms with E-state index >= 15 is 0 Å². The van der Waals surface area contributed by atoms with Gasteiger partial charge >= 0.3 is 12.1 Å². The first-order chi connectivity index (χ1) is 17.0. The highest BCUT2D eigenvalue weighted by atomic mass is 19.4. The minimum atomic E-state index is -4.94. The number of carboxylic acids is 1.